The van der Waals surface area contributed by atoms with Crippen molar-refractivity contribution in [1.29, 1.82) is 0 Å². The molecule has 1 aliphatic carbocycles. The van der Waals surface area contributed by atoms with E-state index >= 15 is 0 Å². The molecule has 0 saturated heterocycles. The fourth-order valence-electron chi connectivity index (χ4n) is 2.16. The minimum absolute atomic E-state index is 0.0242. The van der Waals surface area contributed by atoms with Crippen molar-refractivity contribution in [3.8, 4) is 0 Å². The van der Waals surface area contributed by atoms with Crippen LogP contribution in [0.15, 0.2) is 34.4 Å². The third-order valence-electron chi connectivity index (χ3n) is 3.44. The highest BCUT2D eigenvalue weighted by atomic mass is 32.1. The Morgan fingerprint density at radius 1 is 1.38 bits per heavy atom. The van der Waals surface area contributed by atoms with Crippen molar-refractivity contribution in [2.75, 3.05) is 6.54 Å². The summed E-state index contributed by atoms with van der Waals surface area (Å²) in [5, 5.41) is 9.14. The Bertz CT molecular complexity index is 674. The molecule has 5 nitrogen and oxygen atoms in total. The SMILES string of the molecule is O=C(Cc1cccs1)NCCn1nc(C2CC2)ccc1=O. The first-order chi connectivity index (χ1) is 10.2. The topological polar surface area (TPSA) is 64.0 Å². The molecule has 0 atom stereocenters. The van der Waals surface area contributed by atoms with Crippen molar-refractivity contribution in [2.24, 2.45) is 0 Å². The molecule has 1 aliphatic rings. The van der Waals surface area contributed by atoms with E-state index in [9.17, 15) is 9.59 Å². The van der Waals surface area contributed by atoms with Crippen molar-refractivity contribution < 1.29 is 4.79 Å². The van der Waals surface area contributed by atoms with Crippen LogP contribution in [0.4, 0.5) is 0 Å². The van der Waals surface area contributed by atoms with Gasteiger partial charge in [-0.1, -0.05) is 6.07 Å². The summed E-state index contributed by atoms with van der Waals surface area (Å²) in [6.45, 7) is 0.834. The number of rotatable bonds is 6. The Hall–Kier alpha value is -1.95. The van der Waals surface area contributed by atoms with Gasteiger partial charge < -0.3 is 5.32 Å². The molecule has 2 heterocycles. The lowest BCUT2D eigenvalue weighted by Gasteiger charge is -2.07. The molecular formula is C15H17N3O2S. The van der Waals surface area contributed by atoms with Gasteiger partial charge in [-0.3, -0.25) is 9.59 Å². The Morgan fingerprint density at radius 3 is 2.95 bits per heavy atom. The van der Waals surface area contributed by atoms with Crippen LogP contribution in [-0.2, 0) is 17.8 Å². The minimum Gasteiger partial charge on any atom is -0.354 e. The summed E-state index contributed by atoms with van der Waals surface area (Å²) in [5.74, 6) is 0.495. The predicted octanol–water partition coefficient (Wildman–Crippen LogP) is 1.54. The zero-order valence-corrected chi connectivity index (χ0v) is 12.4. The Labute approximate surface area is 126 Å². The molecule has 1 saturated carbocycles. The summed E-state index contributed by atoms with van der Waals surface area (Å²) in [6.07, 6.45) is 2.70. The van der Waals surface area contributed by atoms with Crippen molar-refractivity contribution in [3.63, 3.8) is 0 Å². The molecule has 1 N–H and O–H groups in total. The largest absolute Gasteiger partial charge is 0.354 e. The first-order valence-electron chi connectivity index (χ1n) is 7.09. The van der Waals surface area contributed by atoms with E-state index in [1.54, 1.807) is 17.4 Å². The lowest BCUT2D eigenvalue weighted by molar-refractivity contribution is -0.120. The van der Waals surface area contributed by atoms with Crippen molar-refractivity contribution in [2.45, 2.75) is 31.7 Å². The second-order valence-electron chi connectivity index (χ2n) is 5.20. The maximum Gasteiger partial charge on any atom is 0.266 e. The van der Waals surface area contributed by atoms with Crippen LogP contribution < -0.4 is 10.9 Å². The van der Waals surface area contributed by atoms with Gasteiger partial charge in [0.2, 0.25) is 5.91 Å². The zero-order chi connectivity index (χ0) is 14.7. The lowest BCUT2D eigenvalue weighted by Crippen LogP contribution is -2.32. The number of amides is 1. The number of hydrogen-bond acceptors (Lipinski definition) is 4. The van der Waals surface area contributed by atoms with E-state index < -0.39 is 0 Å². The highest BCUT2D eigenvalue weighted by molar-refractivity contribution is 7.10. The summed E-state index contributed by atoms with van der Waals surface area (Å²) >= 11 is 1.57. The molecule has 0 radical (unpaired) electrons. The first kappa shape index (κ1) is 14.0. The van der Waals surface area contributed by atoms with E-state index in [-0.39, 0.29) is 11.5 Å². The first-order valence-corrected chi connectivity index (χ1v) is 7.97. The molecule has 0 spiro atoms. The Balaban J connectivity index is 1.51. The summed E-state index contributed by atoms with van der Waals surface area (Å²) < 4.78 is 1.44. The second kappa shape index (κ2) is 6.22. The smallest absolute Gasteiger partial charge is 0.266 e. The standard InChI is InChI=1S/C15H17N3O2S/c19-14(10-12-2-1-9-21-12)16-7-8-18-15(20)6-5-13(17-18)11-3-4-11/h1-2,5-6,9,11H,3-4,7-8,10H2,(H,16,19). The van der Waals surface area contributed by atoms with Crippen LogP contribution in [0.1, 0.15) is 29.3 Å². The van der Waals surface area contributed by atoms with Crippen molar-refractivity contribution >= 4 is 17.2 Å². The monoisotopic (exact) mass is 303 g/mol. The second-order valence-corrected chi connectivity index (χ2v) is 6.23. The summed E-state index contributed by atoms with van der Waals surface area (Å²) in [6, 6.07) is 7.25. The molecule has 0 aliphatic heterocycles. The van der Waals surface area contributed by atoms with Gasteiger partial charge in [-0.15, -0.1) is 11.3 Å². The van der Waals surface area contributed by atoms with E-state index in [1.165, 1.54) is 4.68 Å². The van der Waals surface area contributed by atoms with Crippen LogP contribution in [0.2, 0.25) is 0 Å². The number of nitrogens with one attached hydrogen (secondary N) is 1. The molecule has 1 fully saturated rings. The van der Waals surface area contributed by atoms with Gasteiger partial charge in [0, 0.05) is 23.4 Å². The number of carbonyl (C=O) groups excluding carboxylic acids is 1. The Kier molecular flexibility index (Phi) is 4.15. The molecule has 6 heteroatoms. The van der Waals surface area contributed by atoms with E-state index in [1.807, 2.05) is 23.6 Å². The number of aromatic nitrogens is 2. The summed E-state index contributed by atoms with van der Waals surface area (Å²) in [7, 11) is 0. The van der Waals surface area contributed by atoms with Crippen LogP contribution in [0.25, 0.3) is 0 Å². The maximum absolute atomic E-state index is 11.8. The van der Waals surface area contributed by atoms with Gasteiger partial charge in [0.15, 0.2) is 0 Å². The van der Waals surface area contributed by atoms with Crippen LogP contribution in [0.5, 0.6) is 0 Å². The van der Waals surface area contributed by atoms with Gasteiger partial charge in [-0.25, -0.2) is 4.68 Å². The molecule has 0 unspecified atom stereocenters. The van der Waals surface area contributed by atoms with Crippen LogP contribution in [0.3, 0.4) is 0 Å². The fourth-order valence-corrected chi connectivity index (χ4v) is 2.86. The van der Waals surface area contributed by atoms with E-state index in [0.717, 1.165) is 23.4 Å². The summed E-state index contributed by atoms with van der Waals surface area (Å²) in [5.41, 5.74) is 0.867. The maximum atomic E-state index is 11.8. The van der Waals surface area contributed by atoms with Crippen LogP contribution >= 0.6 is 11.3 Å². The van der Waals surface area contributed by atoms with E-state index in [4.69, 9.17) is 0 Å². The molecule has 2 aromatic rings. The number of hydrogen-bond donors (Lipinski definition) is 1. The van der Waals surface area contributed by atoms with Gasteiger partial charge in [-0.2, -0.15) is 5.10 Å². The number of nitrogens with zero attached hydrogens (tertiary/aromatic N) is 2. The zero-order valence-electron chi connectivity index (χ0n) is 11.6. The molecule has 110 valence electrons. The molecule has 3 rings (SSSR count). The number of carbonyl (C=O) groups is 1. The van der Waals surface area contributed by atoms with Gasteiger partial charge in [0.25, 0.3) is 5.56 Å². The predicted molar refractivity (Wildman–Crippen MR) is 81.5 cm³/mol. The highest BCUT2D eigenvalue weighted by Crippen LogP contribution is 2.38. The third-order valence-corrected chi connectivity index (χ3v) is 4.32. The van der Waals surface area contributed by atoms with E-state index in [2.05, 4.69) is 10.4 Å². The molecule has 2 aromatic heterocycles. The van der Waals surface area contributed by atoms with Crippen LogP contribution in [-0.4, -0.2) is 22.2 Å². The average Bonchev–Trinajstić information content (AvgIpc) is 3.19. The number of thiophene rings is 1. The molecular weight excluding hydrogens is 286 g/mol. The van der Waals surface area contributed by atoms with Crippen LogP contribution in [0, 0.1) is 0 Å². The van der Waals surface area contributed by atoms with Gasteiger partial charge in [-0.05, 0) is 30.4 Å². The lowest BCUT2D eigenvalue weighted by atomic mass is 10.3. The molecule has 0 bridgehead atoms. The normalized spacial score (nSPS) is 14.1. The quantitative estimate of drug-likeness (QED) is 0.880. The third kappa shape index (κ3) is 3.78. The van der Waals surface area contributed by atoms with Gasteiger partial charge in [0.1, 0.15) is 0 Å². The molecule has 1 amide bonds. The fraction of sp³-hybridized carbons (Fsp3) is 0.400. The summed E-state index contributed by atoms with van der Waals surface area (Å²) in [4.78, 5) is 24.5. The van der Waals surface area contributed by atoms with Gasteiger partial charge in [0.05, 0.1) is 18.7 Å². The van der Waals surface area contributed by atoms with Gasteiger partial charge >= 0.3 is 0 Å². The molecule has 0 aromatic carbocycles. The van der Waals surface area contributed by atoms with Crippen molar-refractivity contribution in [3.05, 3.63) is 50.6 Å². The highest BCUT2D eigenvalue weighted by Gasteiger charge is 2.25. The van der Waals surface area contributed by atoms with E-state index in [0.29, 0.717) is 25.4 Å². The molecule has 21 heavy (non-hydrogen) atoms. The average molecular weight is 303 g/mol. The van der Waals surface area contributed by atoms with Crippen molar-refractivity contribution in [1.82, 2.24) is 15.1 Å². The Morgan fingerprint density at radius 2 is 2.24 bits per heavy atom. The minimum atomic E-state index is -0.119.